The Bertz CT molecular complexity index is 335. The minimum atomic E-state index is 0.688. The predicted molar refractivity (Wildman–Crippen MR) is 69.4 cm³/mol. The van der Waals surface area contributed by atoms with Crippen molar-refractivity contribution in [3.05, 3.63) is 11.1 Å². The lowest BCUT2D eigenvalue weighted by atomic mass is 9.97. The molecule has 2 heterocycles. The van der Waals surface area contributed by atoms with Gasteiger partial charge in [-0.1, -0.05) is 13.8 Å². The Hall–Kier alpha value is -0.610. The highest BCUT2D eigenvalue weighted by Gasteiger charge is 2.23. The molecule has 0 aromatic carbocycles. The Kier molecular flexibility index (Phi) is 3.82. The summed E-state index contributed by atoms with van der Waals surface area (Å²) in [7, 11) is 0. The summed E-state index contributed by atoms with van der Waals surface area (Å²) in [5.74, 6) is 1.72. The number of aromatic nitrogens is 1. The van der Waals surface area contributed by atoms with E-state index in [1.54, 1.807) is 11.3 Å². The topological polar surface area (TPSA) is 42.2 Å². The molecule has 0 saturated carbocycles. The lowest BCUT2D eigenvalue weighted by Gasteiger charge is -2.15. The number of nitrogens with zero attached hydrogens (tertiary/aromatic N) is 2. The minimum Gasteiger partial charge on any atom is -0.375 e. The van der Waals surface area contributed by atoms with Crippen molar-refractivity contribution in [2.75, 3.05) is 18.8 Å². The smallest absolute Gasteiger partial charge is 0.180 e. The van der Waals surface area contributed by atoms with E-state index in [2.05, 4.69) is 23.7 Å². The third-order valence-corrected chi connectivity index (χ3v) is 3.94. The number of hydrogen-bond acceptors (Lipinski definition) is 4. The highest BCUT2D eigenvalue weighted by molar-refractivity contribution is 7.15. The SMILES string of the molecule is CC(C)CC1CCN(Cc2cnc(N)s2)C1. The molecule has 2 rings (SSSR count). The quantitative estimate of drug-likeness (QED) is 0.878. The number of anilines is 1. The van der Waals surface area contributed by atoms with Crippen LogP contribution in [0.15, 0.2) is 6.20 Å². The van der Waals surface area contributed by atoms with Crippen molar-refractivity contribution in [3.8, 4) is 0 Å². The highest BCUT2D eigenvalue weighted by Crippen LogP contribution is 2.26. The van der Waals surface area contributed by atoms with Gasteiger partial charge in [0.15, 0.2) is 5.13 Å². The van der Waals surface area contributed by atoms with Crippen molar-refractivity contribution in [1.29, 1.82) is 0 Å². The summed E-state index contributed by atoms with van der Waals surface area (Å²) in [5.41, 5.74) is 5.63. The lowest BCUT2D eigenvalue weighted by Crippen LogP contribution is -2.19. The molecule has 16 heavy (non-hydrogen) atoms. The standard InChI is InChI=1S/C12H21N3S/c1-9(2)5-10-3-4-15(7-10)8-11-6-14-12(13)16-11/h6,9-10H,3-5,7-8H2,1-2H3,(H2,13,14). The molecule has 0 spiro atoms. The summed E-state index contributed by atoms with van der Waals surface area (Å²) in [4.78, 5) is 7.92. The van der Waals surface area contributed by atoms with Gasteiger partial charge in [-0.05, 0) is 31.2 Å². The van der Waals surface area contributed by atoms with Crippen LogP contribution in [0, 0.1) is 11.8 Å². The van der Waals surface area contributed by atoms with E-state index in [0.29, 0.717) is 5.13 Å². The van der Waals surface area contributed by atoms with Crippen LogP contribution in [0.4, 0.5) is 5.13 Å². The first-order chi connectivity index (χ1) is 7.63. The first-order valence-electron chi connectivity index (χ1n) is 6.06. The largest absolute Gasteiger partial charge is 0.375 e. The predicted octanol–water partition coefficient (Wildman–Crippen LogP) is 2.59. The third kappa shape index (κ3) is 3.19. The second-order valence-electron chi connectivity index (χ2n) is 5.18. The third-order valence-electron chi connectivity index (χ3n) is 3.13. The Morgan fingerprint density at radius 3 is 3.06 bits per heavy atom. The Labute approximate surface area is 102 Å². The number of hydrogen-bond donors (Lipinski definition) is 1. The van der Waals surface area contributed by atoms with Gasteiger partial charge in [0.05, 0.1) is 0 Å². The molecule has 1 atom stereocenters. The highest BCUT2D eigenvalue weighted by atomic mass is 32.1. The van der Waals surface area contributed by atoms with Crippen molar-refractivity contribution in [3.63, 3.8) is 0 Å². The lowest BCUT2D eigenvalue weighted by molar-refractivity contribution is 0.307. The summed E-state index contributed by atoms with van der Waals surface area (Å²) >= 11 is 1.61. The molecule has 2 N–H and O–H groups in total. The second kappa shape index (κ2) is 5.15. The van der Waals surface area contributed by atoms with Gasteiger partial charge in [0.1, 0.15) is 0 Å². The minimum absolute atomic E-state index is 0.688. The monoisotopic (exact) mass is 239 g/mol. The fourth-order valence-electron chi connectivity index (χ4n) is 2.53. The number of thiazole rings is 1. The Morgan fingerprint density at radius 2 is 2.44 bits per heavy atom. The van der Waals surface area contributed by atoms with Crippen molar-refractivity contribution >= 4 is 16.5 Å². The molecule has 1 fully saturated rings. The van der Waals surface area contributed by atoms with Crippen molar-refractivity contribution in [1.82, 2.24) is 9.88 Å². The maximum atomic E-state index is 5.63. The van der Waals surface area contributed by atoms with Crippen LogP contribution < -0.4 is 5.73 Å². The van der Waals surface area contributed by atoms with Crippen molar-refractivity contribution < 1.29 is 0 Å². The van der Waals surface area contributed by atoms with Gasteiger partial charge in [-0.15, -0.1) is 11.3 Å². The first kappa shape index (κ1) is 11.9. The average molecular weight is 239 g/mol. The zero-order valence-corrected chi connectivity index (χ0v) is 11.0. The van der Waals surface area contributed by atoms with Crippen LogP contribution in [0.5, 0.6) is 0 Å². The fourth-order valence-corrected chi connectivity index (χ4v) is 3.26. The second-order valence-corrected chi connectivity index (χ2v) is 6.33. The van der Waals surface area contributed by atoms with E-state index in [1.807, 2.05) is 6.20 Å². The van der Waals surface area contributed by atoms with Gasteiger partial charge < -0.3 is 5.73 Å². The van der Waals surface area contributed by atoms with E-state index in [-0.39, 0.29) is 0 Å². The molecule has 1 aromatic heterocycles. The van der Waals surface area contributed by atoms with Gasteiger partial charge in [0.2, 0.25) is 0 Å². The van der Waals surface area contributed by atoms with Crippen molar-refractivity contribution in [2.45, 2.75) is 33.2 Å². The van der Waals surface area contributed by atoms with Crippen LogP contribution in [0.3, 0.4) is 0 Å². The number of rotatable bonds is 4. The molecule has 3 nitrogen and oxygen atoms in total. The number of nitrogens with two attached hydrogens (primary N) is 1. The zero-order chi connectivity index (χ0) is 11.5. The van der Waals surface area contributed by atoms with Crippen LogP contribution in [0.25, 0.3) is 0 Å². The maximum absolute atomic E-state index is 5.63. The summed E-state index contributed by atoms with van der Waals surface area (Å²) in [6.45, 7) is 8.13. The summed E-state index contributed by atoms with van der Waals surface area (Å²) in [6.07, 6.45) is 4.63. The van der Waals surface area contributed by atoms with Gasteiger partial charge in [-0.25, -0.2) is 4.98 Å². The molecule has 1 aliphatic heterocycles. The molecule has 1 saturated heterocycles. The van der Waals surface area contributed by atoms with E-state index >= 15 is 0 Å². The molecule has 1 unspecified atom stereocenters. The van der Waals surface area contributed by atoms with Crippen LogP contribution in [-0.4, -0.2) is 23.0 Å². The molecule has 4 heteroatoms. The Balaban J connectivity index is 1.80. The van der Waals surface area contributed by atoms with E-state index in [4.69, 9.17) is 5.73 Å². The van der Waals surface area contributed by atoms with Crippen LogP contribution in [0.1, 0.15) is 31.6 Å². The van der Waals surface area contributed by atoms with Gasteiger partial charge >= 0.3 is 0 Å². The molecule has 0 radical (unpaired) electrons. The van der Waals surface area contributed by atoms with Gasteiger partial charge in [-0.3, -0.25) is 4.90 Å². The molecular formula is C12H21N3S. The molecule has 0 aliphatic carbocycles. The summed E-state index contributed by atoms with van der Waals surface area (Å²) in [5, 5.41) is 0.688. The molecule has 1 aliphatic rings. The Morgan fingerprint density at radius 1 is 1.62 bits per heavy atom. The number of nitrogen functional groups attached to an aromatic ring is 1. The van der Waals surface area contributed by atoms with Crippen molar-refractivity contribution in [2.24, 2.45) is 11.8 Å². The van der Waals surface area contributed by atoms with E-state index in [9.17, 15) is 0 Å². The average Bonchev–Trinajstić information content (AvgIpc) is 2.76. The van der Waals surface area contributed by atoms with Gasteiger partial charge in [0, 0.05) is 24.2 Å². The van der Waals surface area contributed by atoms with E-state index in [0.717, 1.165) is 18.4 Å². The first-order valence-corrected chi connectivity index (χ1v) is 6.87. The summed E-state index contributed by atoms with van der Waals surface area (Å²) < 4.78 is 0. The van der Waals surface area contributed by atoms with Crippen LogP contribution in [-0.2, 0) is 6.54 Å². The van der Waals surface area contributed by atoms with E-state index in [1.165, 1.54) is 30.8 Å². The maximum Gasteiger partial charge on any atom is 0.180 e. The normalized spacial score (nSPS) is 22.1. The molecule has 90 valence electrons. The van der Waals surface area contributed by atoms with Crippen LogP contribution >= 0.6 is 11.3 Å². The van der Waals surface area contributed by atoms with E-state index < -0.39 is 0 Å². The van der Waals surface area contributed by atoms with Gasteiger partial charge in [0.25, 0.3) is 0 Å². The summed E-state index contributed by atoms with van der Waals surface area (Å²) in [6, 6.07) is 0. The van der Waals surface area contributed by atoms with Crippen LogP contribution in [0.2, 0.25) is 0 Å². The van der Waals surface area contributed by atoms with Gasteiger partial charge in [-0.2, -0.15) is 0 Å². The number of likely N-dealkylation sites (tertiary alicyclic amines) is 1. The molecule has 0 bridgehead atoms. The fraction of sp³-hybridized carbons (Fsp3) is 0.750. The zero-order valence-electron chi connectivity index (χ0n) is 10.1. The molecule has 0 amide bonds. The molecule has 1 aromatic rings. The molecular weight excluding hydrogens is 218 g/mol.